The number of ketones is 1. The molecule has 0 amide bonds. The number of hydrogen-bond donors (Lipinski definition) is 0. The molecule has 0 aliphatic carbocycles. The van der Waals surface area contributed by atoms with Crippen LogP contribution >= 0.6 is 0 Å². The van der Waals surface area contributed by atoms with Crippen LogP contribution in [0, 0.1) is 0 Å². The van der Waals surface area contributed by atoms with Gasteiger partial charge in [0.2, 0.25) is 0 Å². The minimum Gasteiger partial charge on any atom is -0.300 e. The minimum atomic E-state index is -3.01. The number of carbonyl (C=O) groups excluding carboxylic acids is 1. The number of carbonyl (C=O) groups is 1. The smallest absolute Gasteiger partial charge is 0.155 e. The van der Waals surface area contributed by atoms with Crippen LogP contribution in [0.4, 0.5) is 0 Å². The summed E-state index contributed by atoms with van der Waals surface area (Å²) in [5, 5.41) is 0. The molecule has 4 heteroatoms. The molecule has 14 heavy (non-hydrogen) atoms. The largest absolute Gasteiger partial charge is 0.300 e. The van der Waals surface area contributed by atoms with E-state index in [-0.39, 0.29) is 11.5 Å². The summed E-state index contributed by atoms with van der Waals surface area (Å²) in [6.45, 7) is 6.63. The first-order valence-corrected chi connectivity index (χ1v) is 6.54. The monoisotopic (exact) mass is 220 g/mol. The molecule has 0 bridgehead atoms. The van der Waals surface area contributed by atoms with Crippen molar-refractivity contribution in [3.05, 3.63) is 0 Å². The van der Waals surface area contributed by atoms with Crippen molar-refractivity contribution in [2.45, 2.75) is 51.7 Å². The summed E-state index contributed by atoms with van der Waals surface area (Å²) < 4.78 is 22.5. The molecule has 0 spiro atoms. The zero-order valence-electron chi connectivity index (χ0n) is 9.46. The Morgan fingerprint density at radius 1 is 1.14 bits per heavy atom. The van der Waals surface area contributed by atoms with Gasteiger partial charge in [0.1, 0.15) is 5.78 Å². The SMILES string of the molecule is CC(=O)CCCCS(=O)(=O)C(C)(C)C. The Labute approximate surface area is 86.8 Å². The number of Topliss-reactive ketones (excluding diaryl/α,β-unsaturated/α-hetero) is 1. The van der Waals surface area contributed by atoms with Crippen molar-refractivity contribution < 1.29 is 13.2 Å². The third-order valence-electron chi connectivity index (χ3n) is 2.12. The Balaban J connectivity index is 3.97. The molecule has 3 nitrogen and oxygen atoms in total. The number of rotatable bonds is 5. The molecule has 0 unspecified atom stereocenters. The van der Waals surface area contributed by atoms with Gasteiger partial charge in [0.25, 0.3) is 0 Å². The summed E-state index contributed by atoms with van der Waals surface area (Å²) in [6.07, 6.45) is 1.74. The first kappa shape index (κ1) is 13.6. The van der Waals surface area contributed by atoms with Crippen LogP contribution < -0.4 is 0 Å². The van der Waals surface area contributed by atoms with Gasteiger partial charge < -0.3 is 4.79 Å². The van der Waals surface area contributed by atoms with Crippen molar-refractivity contribution in [1.82, 2.24) is 0 Å². The Kier molecular flexibility index (Phi) is 4.78. The molecule has 0 aliphatic rings. The zero-order chi connectivity index (χ0) is 11.4. The summed E-state index contributed by atoms with van der Waals surface area (Å²) in [5.41, 5.74) is 0. The van der Waals surface area contributed by atoms with Crippen LogP contribution in [-0.4, -0.2) is 24.7 Å². The fourth-order valence-corrected chi connectivity index (χ4v) is 2.17. The van der Waals surface area contributed by atoms with Gasteiger partial charge in [-0.3, -0.25) is 0 Å². The van der Waals surface area contributed by atoms with Crippen LogP contribution in [0.2, 0.25) is 0 Å². The van der Waals surface area contributed by atoms with Gasteiger partial charge in [0.15, 0.2) is 9.84 Å². The fraction of sp³-hybridized carbons (Fsp3) is 0.900. The van der Waals surface area contributed by atoms with E-state index in [0.29, 0.717) is 19.3 Å². The Hall–Kier alpha value is -0.380. The van der Waals surface area contributed by atoms with E-state index in [1.807, 2.05) is 0 Å². The molecule has 0 fully saturated rings. The molecule has 0 aromatic heterocycles. The Morgan fingerprint density at radius 3 is 2.00 bits per heavy atom. The predicted octanol–water partition coefficient (Wildman–Crippen LogP) is 1.96. The van der Waals surface area contributed by atoms with Crippen molar-refractivity contribution in [3.63, 3.8) is 0 Å². The van der Waals surface area contributed by atoms with Gasteiger partial charge in [0.05, 0.1) is 10.5 Å². The van der Waals surface area contributed by atoms with Gasteiger partial charge in [-0.2, -0.15) is 0 Å². The molecule has 0 heterocycles. The van der Waals surface area contributed by atoms with Crippen LogP contribution in [0.15, 0.2) is 0 Å². The van der Waals surface area contributed by atoms with Crippen molar-refractivity contribution in [2.24, 2.45) is 0 Å². The van der Waals surface area contributed by atoms with Gasteiger partial charge in [-0.1, -0.05) is 0 Å². The average molecular weight is 220 g/mol. The molecule has 0 radical (unpaired) electrons. The van der Waals surface area contributed by atoms with E-state index in [4.69, 9.17) is 0 Å². The lowest BCUT2D eigenvalue weighted by Crippen LogP contribution is -2.30. The molecule has 0 atom stereocenters. The number of hydrogen-bond acceptors (Lipinski definition) is 3. The fourth-order valence-electron chi connectivity index (χ4n) is 0.972. The molecule has 0 aliphatic heterocycles. The van der Waals surface area contributed by atoms with E-state index in [0.717, 1.165) is 0 Å². The number of unbranched alkanes of at least 4 members (excludes halogenated alkanes) is 1. The highest BCUT2D eigenvalue weighted by atomic mass is 32.2. The molecule has 0 N–H and O–H groups in total. The van der Waals surface area contributed by atoms with E-state index in [2.05, 4.69) is 0 Å². The molecule has 0 aromatic carbocycles. The Bertz CT molecular complexity index is 283. The lowest BCUT2D eigenvalue weighted by molar-refractivity contribution is -0.117. The van der Waals surface area contributed by atoms with E-state index < -0.39 is 14.6 Å². The molecular weight excluding hydrogens is 200 g/mol. The topological polar surface area (TPSA) is 51.2 Å². The van der Waals surface area contributed by atoms with E-state index in [1.165, 1.54) is 6.92 Å². The highest BCUT2D eigenvalue weighted by Gasteiger charge is 2.27. The molecule has 0 aromatic rings. The quantitative estimate of drug-likeness (QED) is 0.665. The molecular formula is C10H20O3S. The lowest BCUT2D eigenvalue weighted by Gasteiger charge is -2.18. The lowest BCUT2D eigenvalue weighted by atomic mass is 10.2. The van der Waals surface area contributed by atoms with Crippen molar-refractivity contribution in [2.75, 3.05) is 5.75 Å². The van der Waals surface area contributed by atoms with Crippen molar-refractivity contribution in [1.29, 1.82) is 0 Å². The zero-order valence-corrected chi connectivity index (χ0v) is 10.3. The van der Waals surface area contributed by atoms with Crippen molar-refractivity contribution in [3.8, 4) is 0 Å². The maximum atomic E-state index is 11.6. The summed E-state index contributed by atoms with van der Waals surface area (Å²) in [7, 11) is -3.01. The maximum absolute atomic E-state index is 11.6. The third-order valence-corrected chi connectivity index (χ3v) is 4.82. The highest BCUT2D eigenvalue weighted by Crippen LogP contribution is 2.17. The van der Waals surface area contributed by atoms with Gasteiger partial charge in [-0.25, -0.2) is 8.42 Å². The number of sulfone groups is 1. The van der Waals surface area contributed by atoms with Crippen LogP contribution in [0.25, 0.3) is 0 Å². The van der Waals surface area contributed by atoms with Crippen molar-refractivity contribution >= 4 is 15.6 Å². The Morgan fingerprint density at radius 2 is 1.64 bits per heavy atom. The second-order valence-electron chi connectivity index (χ2n) is 4.59. The first-order valence-electron chi connectivity index (χ1n) is 4.88. The van der Waals surface area contributed by atoms with Gasteiger partial charge in [-0.15, -0.1) is 0 Å². The van der Waals surface area contributed by atoms with E-state index in [1.54, 1.807) is 20.8 Å². The molecule has 84 valence electrons. The summed E-state index contributed by atoms with van der Waals surface area (Å²) in [4.78, 5) is 10.6. The summed E-state index contributed by atoms with van der Waals surface area (Å²) in [6, 6.07) is 0. The van der Waals surface area contributed by atoms with Crippen LogP contribution in [0.1, 0.15) is 47.0 Å². The average Bonchev–Trinajstić information content (AvgIpc) is 1.95. The van der Waals surface area contributed by atoms with E-state index in [9.17, 15) is 13.2 Å². The van der Waals surface area contributed by atoms with Crippen LogP contribution in [0.5, 0.6) is 0 Å². The molecule has 0 saturated heterocycles. The van der Waals surface area contributed by atoms with Gasteiger partial charge >= 0.3 is 0 Å². The summed E-state index contributed by atoms with van der Waals surface area (Å²) in [5.74, 6) is 0.308. The second kappa shape index (κ2) is 4.91. The molecule has 0 saturated carbocycles. The second-order valence-corrected chi connectivity index (χ2v) is 7.45. The summed E-state index contributed by atoms with van der Waals surface area (Å²) >= 11 is 0. The maximum Gasteiger partial charge on any atom is 0.155 e. The molecule has 0 rings (SSSR count). The van der Waals surface area contributed by atoms with Gasteiger partial charge in [-0.05, 0) is 40.5 Å². The minimum absolute atomic E-state index is 0.123. The third kappa shape index (κ3) is 4.74. The van der Waals surface area contributed by atoms with Gasteiger partial charge in [0, 0.05) is 6.42 Å². The highest BCUT2D eigenvalue weighted by molar-refractivity contribution is 7.92. The first-order chi connectivity index (χ1) is 6.17. The predicted molar refractivity (Wildman–Crippen MR) is 58.1 cm³/mol. The van der Waals surface area contributed by atoms with Crippen LogP contribution in [-0.2, 0) is 14.6 Å². The van der Waals surface area contributed by atoms with Crippen LogP contribution in [0.3, 0.4) is 0 Å². The normalized spacial score (nSPS) is 12.9. The van der Waals surface area contributed by atoms with E-state index >= 15 is 0 Å². The standard InChI is InChI=1S/C10H20O3S/c1-9(11)7-5-6-8-14(12,13)10(2,3)4/h5-8H2,1-4H3.